The lowest BCUT2D eigenvalue weighted by atomic mass is 10.0. The Hall–Kier alpha value is -2.53. The van der Waals surface area contributed by atoms with Gasteiger partial charge in [0.25, 0.3) is 0 Å². The summed E-state index contributed by atoms with van der Waals surface area (Å²) in [5, 5.41) is 0. The molecule has 2 fully saturated rings. The largest absolute Gasteiger partial charge is 0.373 e. The van der Waals surface area contributed by atoms with Gasteiger partial charge >= 0.3 is 0 Å². The van der Waals surface area contributed by atoms with Gasteiger partial charge in [0.15, 0.2) is 0 Å². The molecule has 35 heavy (non-hydrogen) atoms. The van der Waals surface area contributed by atoms with Gasteiger partial charge in [-0.25, -0.2) is 4.99 Å². The topological polar surface area (TPSA) is 25.3 Å². The maximum atomic E-state index is 4.73. The maximum Gasteiger partial charge on any atom is 0.101 e. The lowest BCUT2D eigenvalue weighted by Gasteiger charge is -2.38. The molecular weight excluding hydrogens is 430 g/mol. The molecule has 1 aromatic carbocycles. The first kappa shape index (κ1) is 27.1. The summed E-state index contributed by atoms with van der Waals surface area (Å²) >= 11 is 0. The molecule has 2 aliphatic rings. The fourth-order valence-electron chi connectivity index (χ4n) is 4.90. The smallest absolute Gasteiger partial charge is 0.101 e. The number of benzene rings is 1. The number of hydrogen-bond donors (Lipinski definition) is 0. The minimum atomic E-state index is 0.382. The van der Waals surface area contributed by atoms with Crippen molar-refractivity contribution < 1.29 is 0 Å². The van der Waals surface area contributed by atoms with E-state index in [0.29, 0.717) is 5.92 Å². The normalized spacial score (nSPS) is 18.4. The van der Waals surface area contributed by atoms with E-state index in [4.69, 9.17) is 4.99 Å². The van der Waals surface area contributed by atoms with Gasteiger partial charge in [-0.05, 0) is 50.3 Å². The van der Waals surface area contributed by atoms with E-state index in [-0.39, 0.29) is 0 Å². The van der Waals surface area contributed by atoms with Gasteiger partial charge in [-0.1, -0.05) is 52.1 Å². The first-order valence-electron chi connectivity index (χ1n) is 13.4. The van der Waals surface area contributed by atoms with E-state index in [0.717, 1.165) is 82.6 Å². The molecule has 0 radical (unpaired) electrons. The number of amidine groups is 1. The van der Waals surface area contributed by atoms with Crippen molar-refractivity contribution in [3.8, 4) is 0 Å². The highest BCUT2D eigenvalue weighted by Crippen LogP contribution is 2.25. The number of allylic oxidation sites excluding steroid dienone is 3. The van der Waals surface area contributed by atoms with Crippen LogP contribution in [0.5, 0.6) is 0 Å². The van der Waals surface area contributed by atoms with Crippen LogP contribution in [0.25, 0.3) is 5.70 Å². The molecule has 2 saturated heterocycles. The molecule has 0 aromatic heterocycles. The summed E-state index contributed by atoms with van der Waals surface area (Å²) in [5.41, 5.74) is 7.50. The van der Waals surface area contributed by atoms with E-state index in [2.05, 4.69) is 98.6 Å². The molecule has 0 amide bonds. The van der Waals surface area contributed by atoms with Crippen LogP contribution in [-0.4, -0.2) is 77.8 Å². The molecule has 5 nitrogen and oxygen atoms in total. The summed E-state index contributed by atoms with van der Waals surface area (Å²) in [4.78, 5) is 14.6. The number of piperazine rings is 2. The first-order valence-corrected chi connectivity index (χ1v) is 13.4. The molecule has 0 aliphatic carbocycles. The van der Waals surface area contributed by atoms with Crippen molar-refractivity contribution in [2.24, 2.45) is 10.9 Å². The molecule has 2 aliphatic heterocycles. The van der Waals surface area contributed by atoms with E-state index in [9.17, 15) is 0 Å². The Labute approximate surface area is 214 Å². The standard InChI is InChI=1S/C30H47N5/c1-9-10-25(5)33-15-13-32(14-16-33)22-29-12-11-24(4)30(21-29)27(7)34-17-19-35(20-18-34)28(8)31-26(6)23(2)3/h10-12,21,23H,6-7,9,13-20,22H2,1-5,8H3/b25-10+,31-28+. The SMILES string of the molecule is C=C(/N=C(\C)N1CCN(C(=C)c2cc(CN3CCN(/C(C)=C/CC)CC3)ccc2C)CC1)C(C)C. The van der Waals surface area contributed by atoms with Gasteiger partial charge in [-0.15, -0.1) is 0 Å². The highest BCUT2D eigenvalue weighted by atomic mass is 15.3. The average Bonchev–Trinajstić information content (AvgIpc) is 2.85. The summed E-state index contributed by atoms with van der Waals surface area (Å²) in [6.07, 6.45) is 3.45. The van der Waals surface area contributed by atoms with Crippen molar-refractivity contribution in [2.45, 2.75) is 54.5 Å². The molecule has 1 aromatic rings. The average molecular weight is 478 g/mol. The van der Waals surface area contributed by atoms with Crippen LogP contribution in [-0.2, 0) is 6.54 Å². The van der Waals surface area contributed by atoms with E-state index in [1.807, 2.05) is 0 Å². The molecule has 0 spiro atoms. The van der Waals surface area contributed by atoms with Crippen LogP contribution in [0.2, 0.25) is 0 Å². The van der Waals surface area contributed by atoms with Crippen LogP contribution in [0.3, 0.4) is 0 Å². The molecule has 0 unspecified atom stereocenters. The van der Waals surface area contributed by atoms with Crippen LogP contribution in [0.15, 0.2) is 53.8 Å². The zero-order valence-electron chi connectivity index (χ0n) is 23.1. The Bertz CT molecular complexity index is 941. The Kier molecular flexibility index (Phi) is 9.62. The molecule has 0 N–H and O–H groups in total. The fraction of sp³-hybridized carbons (Fsp3) is 0.567. The predicted octanol–water partition coefficient (Wildman–Crippen LogP) is 5.60. The van der Waals surface area contributed by atoms with Gasteiger partial charge in [0, 0.05) is 81.6 Å². The van der Waals surface area contributed by atoms with Crippen molar-refractivity contribution in [1.82, 2.24) is 19.6 Å². The van der Waals surface area contributed by atoms with Crippen molar-refractivity contribution in [2.75, 3.05) is 52.4 Å². The molecule has 0 atom stereocenters. The highest BCUT2D eigenvalue weighted by Gasteiger charge is 2.22. The minimum absolute atomic E-state index is 0.382. The Morgan fingerprint density at radius 2 is 1.54 bits per heavy atom. The van der Waals surface area contributed by atoms with Crippen LogP contribution < -0.4 is 0 Å². The summed E-state index contributed by atoms with van der Waals surface area (Å²) < 4.78 is 0. The maximum absolute atomic E-state index is 4.73. The van der Waals surface area contributed by atoms with Crippen molar-refractivity contribution in [3.05, 3.63) is 65.5 Å². The van der Waals surface area contributed by atoms with E-state index in [1.54, 1.807) is 0 Å². The van der Waals surface area contributed by atoms with E-state index < -0.39 is 0 Å². The second-order valence-electron chi connectivity index (χ2n) is 10.4. The Balaban J connectivity index is 1.58. The molecular formula is C30H47N5. The third kappa shape index (κ3) is 7.23. The van der Waals surface area contributed by atoms with Gasteiger partial charge < -0.3 is 14.7 Å². The number of nitrogens with zero attached hydrogens (tertiary/aromatic N) is 5. The van der Waals surface area contributed by atoms with Gasteiger partial charge in [-0.2, -0.15) is 0 Å². The van der Waals surface area contributed by atoms with Crippen molar-refractivity contribution in [1.29, 1.82) is 0 Å². The Morgan fingerprint density at radius 3 is 2.14 bits per heavy atom. The highest BCUT2D eigenvalue weighted by molar-refractivity contribution is 5.81. The summed E-state index contributed by atoms with van der Waals surface area (Å²) in [6, 6.07) is 6.93. The van der Waals surface area contributed by atoms with E-state index >= 15 is 0 Å². The molecule has 192 valence electrons. The number of hydrogen-bond acceptors (Lipinski definition) is 4. The predicted molar refractivity (Wildman–Crippen MR) is 151 cm³/mol. The number of rotatable bonds is 8. The zero-order valence-corrected chi connectivity index (χ0v) is 23.1. The van der Waals surface area contributed by atoms with Gasteiger partial charge in [0.1, 0.15) is 5.84 Å². The minimum Gasteiger partial charge on any atom is -0.373 e. The summed E-state index contributed by atoms with van der Waals surface area (Å²) in [6.45, 7) is 31.0. The quantitative estimate of drug-likeness (QED) is 0.359. The first-order chi connectivity index (χ1) is 16.7. The number of aliphatic imine (C=N–C) groups is 1. The lowest BCUT2D eigenvalue weighted by Crippen LogP contribution is -2.47. The molecule has 2 heterocycles. The Morgan fingerprint density at radius 1 is 0.943 bits per heavy atom. The van der Waals surface area contributed by atoms with Crippen LogP contribution in [0, 0.1) is 12.8 Å². The molecule has 0 bridgehead atoms. The lowest BCUT2D eigenvalue weighted by molar-refractivity contribution is 0.152. The monoisotopic (exact) mass is 477 g/mol. The van der Waals surface area contributed by atoms with Gasteiger partial charge in [0.05, 0.1) is 0 Å². The van der Waals surface area contributed by atoms with Crippen LogP contribution in [0.4, 0.5) is 0 Å². The molecule has 0 saturated carbocycles. The summed E-state index contributed by atoms with van der Waals surface area (Å²) in [7, 11) is 0. The number of aryl methyl sites for hydroxylation is 1. The van der Waals surface area contributed by atoms with Crippen molar-refractivity contribution in [3.63, 3.8) is 0 Å². The van der Waals surface area contributed by atoms with Crippen molar-refractivity contribution >= 4 is 11.5 Å². The van der Waals surface area contributed by atoms with Crippen LogP contribution >= 0.6 is 0 Å². The second-order valence-corrected chi connectivity index (χ2v) is 10.4. The molecule has 5 heteroatoms. The van der Waals surface area contributed by atoms with Crippen LogP contribution in [0.1, 0.15) is 57.7 Å². The summed E-state index contributed by atoms with van der Waals surface area (Å²) in [5.74, 6) is 1.46. The fourth-order valence-corrected chi connectivity index (χ4v) is 4.90. The zero-order chi connectivity index (χ0) is 25.5. The van der Waals surface area contributed by atoms with Gasteiger partial charge in [-0.3, -0.25) is 4.90 Å². The molecule has 3 rings (SSSR count). The second kappa shape index (κ2) is 12.4. The third-order valence-electron chi connectivity index (χ3n) is 7.48. The van der Waals surface area contributed by atoms with E-state index in [1.165, 1.54) is 22.4 Å². The van der Waals surface area contributed by atoms with Gasteiger partial charge in [0.2, 0.25) is 0 Å². The third-order valence-corrected chi connectivity index (χ3v) is 7.48.